The molecule has 0 aliphatic heterocycles. The number of nitrogens with zero attached hydrogens (tertiary/aromatic N) is 3. The molecule has 0 aliphatic rings. The van der Waals surface area contributed by atoms with Gasteiger partial charge in [-0.3, -0.25) is 4.79 Å². The summed E-state index contributed by atoms with van der Waals surface area (Å²) in [5, 5.41) is 12.4. The van der Waals surface area contributed by atoms with Crippen LogP contribution in [-0.2, 0) is 17.8 Å². The summed E-state index contributed by atoms with van der Waals surface area (Å²) in [5.41, 5.74) is 4.30. The molecule has 0 saturated carbocycles. The van der Waals surface area contributed by atoms with Crippen LogP contribution in [0.25, 0.3) is 0 Å². The predicted octanol–water partition coefficient (Wildman–Crippen LogP) is 5.35. The summed E-state index contributed by atoms with van der Waals surface area (Å²) in [6, 6.07) is 14.0. The largest absolute Gasteiger partial charge is 0.483 e. The normalized spacial score (nSPS) is 11.9. The monoisotopic (exact) mass is 438 g/mol. The lowest BCUT2D eigenvalue weighted by Crippen LogP contribution is -2.16. The molecule has 0 saturated heterocycles. The van der Waals surface area contributed by atoms with Gasteiger partial charge in [-0.2, -0.15) is 0 Å². The fourth-order valence-electron chi connectivity index (χ4n) is 3.53. The topological polar surface area (TPSA) is 69.0 Å². The molecular weight excluding hydrogens is 408 g/mol. The average molecular weight is 439 g/mol. The summed E-state index contributed by atoms with van der Waals surface area (Å²) in [5.74, 6) is 1.78. The Hall–Kier alpha value is -2.80. The second kappa shape index (κ2) is 10.5. The van der Waals surface area contributed by atoms with Crippen LogP contribution in [0.15, 0.2) is 47.6 Å². The van der Waals surface area contributed by atoms with Gasteiger partial charge in [-0.15, -0.1) is 10.2 Å². The molecule has 0 fully saturated rings. The number of ether oxygens (including phenoxy) is 1. The van der Waals surface area contributed by atoms with Crippen molar-refractivity contribution in [3.63, 3.8) is 0 Å². The zero-order chi connectivity index (χ0) is 22.4. The number of carbonyl (C=O) groups is 1. The average Bonchev–Trinajstić information content (AvgIpc) is 3.15. The number of para-hydroxylation sites is 1. The van der Waals surface area contributed by atoms with Crippen LogP contribution in [-0.4, -0.2) is 26.4 Å². The number of hydrogen-bond acceptors (Lipinski definition) is 5. The van der Waals surface area contributed by atoms with Crippen molar-refractivity contribution in [3.05, 3.63) is 65.0 Å². The molecule has 6 nitrogen and oxygen atoms in total. The van der Waals surface area contributed by atoms with Gasteiger partial charge in [-0.25, -0.2) is 0 Å². The van der Waals surface area contributed by atoms with E-state index in [4.69, 9.17) is 4.74 Å². The summed E-state index contributed by atoms with van der Waals surface area (Å²) in [7, 11) is 0. The Morgan fingerprint density at radius 3 is 2.52 bits per heavy atom. The number of aromatic nitrogens is 3. The van der Waals surface area contributed by atoms with Crippen LogP contribution in [0, 0.1) is 13.8 Å². The third-order valence-corrected chi connectivity index (χ3v) is 5.90. The van der Waals surface area contributed by atoms with Gasteiger partial charge in [-0.1, -0.05) is 43.0 Å². The lowest BCUT2D eigenvalue weighted by atomic mass is 10.1. The summed E-state index contributed by atoms with van der Waals surface area (Å²) in [6.45, 7) is 10.9. The third-order valence-electron chi connectivity index (χ3n) is 4.94. The van der Waals surface area contributed by atoms with E-state index in [9.17, 15) is 4.79 Å². The van der Waals surface area contributed by atoms with Crippen molar-refractivity contribution >= 4 is 23.4 Å². The Morgan fingerprint density at radius 1 is 1.13 bits per heavy atom. The molecule has 7 heteroatoms. The highest BCUT2D eigenvalue weighted by molar-refractivity contribution is 7.99. The molecule has 0 aliphatic carbocycles. The van der Waals surface area contributed by atoms with Crippen molar-refractivity contribution in [3.8, 4) is 5.75 Å². The molecule has 3 rings (SSSR count). The Balaban J connectivity index is 1.66. The summed E-state index contributed by atoms with van der Waals surface area (Å²) >= 11 is 1.38. The fourth-order valence-corrected chi connectivity index (χ4v) is 4.34. The van der Waals surface area contributed by atoms with Gasteiger partial charge in [-0.05, 0) is 69.0 Å². The van der Waals surface area contributed by atoms with Gasteiger partial charge in [0.15, 0.2) is 17.1 Å². The minimum Gasteiger partial charge on any atom is -0.483 e. The molecule has 1 aromatic heterocycles. The number of anilines is 1. The van der Waals surface area contributed by atoms with Crippen molar-refractivity contribution in [2.45, 2.75) is 58.8 Å². The molecule has 3 aromatic rings. The first kappa shape index (κ1) is 22.9. The fraction of sp³-hybridized carbons (Fsp3) is 0.375. The van der Waals surface area contributed by atoms with Crippen molar-refractivity contribution in [2.75, 3.05) is 11.1 Å². The summed E-state index contributed by atoms with van der Waals surface area (Å²) < 4.78 is 8.14. The van der Waals surface area contributed by atoms with E-state index >= 15 is 0 Å². The van der Waals surface area contributed by atoms with E-state index in [1.165, 1.54) is 11.8 Å². The summed E-state index contributed by atoms with van der Waals surface area (Å²) in [6.07, 6.45) is 0.614. The molecule has 0 bridgehead atoms. The molecular formula is C24H30N4O2S. The van der Waals surface area contributed by atoms with Gasteiger partial charge < -0.3 is 14.6 Å². The number of aryl methyl sites for hydroxylation is 3. The highest BCUT2D eigenvalue weighted by atomic mass is 32.2. The Kier molecular flexibility index (Phi) is 7.74. The predicted molar refractivity (Wildman–Crippen MR) is 126 cm³/mol. The number of rotatable bonds is 9. The van der Waals surface area contributed by atoms with Gasteiger partial charge in [0, 0.05) is 12.2 Å². The highest BCUT2D eigenvalue weighted by Gasteiger charge is 2.20. The van der Waals surface area contributed by atoms with Crippen LogP contribution in [0.4, 0.5) is 5.69 Å². The number of hydrogen-bond donors (Lipinski definition) is 1. The zero-order valence-electron chi connectivity index (χ0n) is 18.8. The minimum atomic E-state index is -0.256. The van der Waals surface area contributed by atoms with Crippen molar-refractivity contribution in [1.82, 2.24) is 14.8 Å². The lowest BCUT2D eigenvalue weighted by molar-refractivity contribution is -0.113. The van der Waals surface area contributed by atoms with Crippen LogP contribution in [0.3, 0.4) is 0 Å². The van der Waals surface area contributed by atoms with E-state index in [1.807, 2.05) is 54.8 Å². The third kappa shape index (κ3) is 5.88. The second-order valence-electron chi connectivity index (χ2n) is 7.52. The SMILES string of the molecule is CCc1ccccc1NC(=O)CSc1nnc(C(C)Oc2cc(C)cc(C)c2)n1CC. The quantitative estimate of drug-likeness (QED) is 0.456. The molecule has 1 N–H and O–H groups in total. The Labute approximate surface area is 188 Å². The smallest absolute Gasteiger partial charge is 0.234 e. The number of thioether (sulfide) groups is 1. The minimum absolute atomic E-state index is 0.0577. The van der Waals surface area contributed by atoms with Crippen LogP contribution in [0.1, 0.15) is 49.4 Å². The van der Waals surface area contributed by atoms with Gasteiger partial charge >= 0.3 is 0 Å². The number of carbonyl (C=O) groups excluding carboxylic acids is 1. The Morgan fingerprint density at radius 2 is 1.84 bits per heavy atom. The van der Waals surface area contributed by atoms with Crippen LogP contribution >= 0.6 is 11.8 Å². The van der Waals surface area contributed by atoms with E-state index < -0.39 is 0 Å². The van der Waals surface area contributed by atoms with Crippen LogP contribution in [0.5, 0.6) is 5.75 Å². The number of benzene rings is 2. The molecule has 164 valence electrons. The highest BCUT2D eigenvalue weighted by Crippen LogP contribution is 2.26. The molecule has 1 heterocycles. The first-order chi connectivity index (χ1) is 14.9. The van der Waals surface area contributed by atoms with Crippen molar-refractivity contribution in [1.29, 1.82) is 0 Å². The summed E-state index contributed by atoms with van der Waals surface area (Å²) in [4.78, 5) is 12.5. The van der Waals surface area contributed by atoms with E-state index in [1.54, 1.807) is 0 Å². The van der Waals surface area contributed by atoms with E-state index in [0.29, 0.717) is 11.7 Å². The maximum absolute atomic E-state index is 12.5. The zero-order valence-corrected chi connectivity index (χ0v) is 19.6. The number of nitrogens with one attached hydrogen (secondary N) is 1. The van der Waals surface area contributed by atoms with Gasteiger partial charge in [0.25, 0.3) is 0 Å². The first-order valence-electron chi connectivity index (χ1n) is 10.6. The number of amides is 1. The maximum Gasteiger partial charge on any atom is 0.234 e. The van der Waals surface area contributed by atoms with Gasteiger partial charge in [0.2, 0.25) is 5.91 Å². The molecule has 1 atom stereocenters. The molecule has 0 radical (unpaired) electrons. The maximum atomic E-state index is 12.5. The standard InChI is InChI=1S/C24H30N4O2S/c1-6-19-10-8-9-11-21(19)25-22(29)15-31-24-27-26-23(28(24)7-2)18(5)30-20-13-16(3)12-17(4)14-20/h8-14,18H,6-7,15H2,1-5H3,(H,25,29). The lowest BCUT2D eigenvalue weighted by Gasteiger charge is -2.16. The molecule has 2 aromatic carbocycles. The van der Waals surface area contributed by atoms with Crippen LogP contribution in [0.2, 0.25) is 0 Å². The van der Waals surface area contributed by atoms with E-state index in [-0.39, 0.29) is 17.8 Å². The van der Waals surface area contributed by atoms with E-state index in [0.717, 1.165) is 40.4 Å². The second-order valence-corrected chi connectivity index (χ2v) is 8.46. The Bertz CT molecular complexity index is 1030. The molecule has 0 spiro atoms. The van der Waals surface area contributed by atoms with Crippen molar-refractivity contribution < 1.29 is 9.53 Å². The van der Waals surface area contributed by atoms with Crippen LogP contribution < -0.4 is 10.1 Å². The first-order valence-corrected chi connectivity index (χ1v) is 11.6. The molecule has 1 amide bonds. The van der Waals surface area contributed by atoms with Crippen molar-refractivity contribution in [2.24, 2.45) is 0 Å². The van der Waals surface area contributed by atoms with Gasteiger partial charge in [0.05, 0.1) is 5.75 Å². The van der Waals surface area contributed by atoms with E-state index in [2.05, 4.69) is 42.4 Å². The molecule has 1 unspecified atom stereocenters. The van der Waals surface area contributed by atoms with Gasteiger partial charge in [0.1, 0.15) is 5.75 Å². The molecule has 31 heavy (non-hydrogen) atoms.